The van der Waals surface area contributed by atoms with Crippen molar-refractivity contribution in [2.24, 2.45) is 13.0 Å². The van der Waals surface area contributed by atoms with Gasteiger partial charge in [0, 0.05) is 31.5 Å². The van der Waals surface area contributed by atoms with E-state index in [4.69, 9.17) is 0 Å². The van der Waals surface area contributed by atoms with E-state index in [1.165, 1.54) is 6.07 Å². The second-order valence-electron chi connectivity index (χ2n) is 6.82. The minimum absolute atomic E-state index is 0.114. The number of aliphatic hydroxyl groups excluding tert-OH is 1. The lowest BCUT2D eigenvalue weighted by atomic mass is 9.90. The quantitative estimate of drug-likeness (QED) is 0.821. The molecule has 6 nitrogen and oxygen atoms in total. The highest BCUT2D eigenvalue weighted by atomic mass is 19.1. The molecule has 1 aliphatic rings. The first-order chi connectivity index (χ1) is 12.5. The number of benzene rings is 1. The molecule has 2 aromatic rings. The Balaban J connectivity index is 1.43. The number of carbonyl (C=O) groups excluding carboxylic acids is 1. The molecule has 3 rings (SSSR count). The number of hydrogen-bond acceptors (Lipinski definition) is 4. The highest BCUT2D eigenvalue weighted by Crippen LogP contribution is 2.29. The van der Waals surface area contributed by atoms with Crippen LogP contribution >= 0.6 is 0 Å². The van der Waals surface area contributed by atoms with Crippen molar-refractivity contribution in [2.75, 3.05) is 19.6 Å². The maximum atomic E-state index is 13.6. The summed E-state index contributed by atoms with van der Waals surface area (Å²) >= 11 is 0. The van der Waals surface area contributed by atoms with E-state index in [2.05, 4.69) is 15.2 Å². The normalized spacial score (nSPS) is 17.2. The molecule has 26 heavy (non-hydrogen) atoms. The van der Waals surface area contributed by atoms with Gasteiger partial charge in [-0.2, -0.15) is 0 Å². The van der Waals surface area contributed by atoms with Crippen molar-refractivity contribution < 1.29 is 14.3 Å². The van der Waals surface area contributed by atoms with Crippen LogP contribution in [-0.2, 0) is 18.4 Å². The van der Waals surface area contributed by atoms with E-state index < -0.39 is 6.10 Å². The molecule has 1 aliphatic heterocycles. The van der Waals surface area contributed by atoms with Gasteiger partial charge < -0.3 is 15.0 Å². The topological polar surface area (TPSA) is 70.4 Å². The lowest BCUT2D eigenvalue weighted by Gasteiger charge is -2.33. The molecule has 0 aliphatic carbocycles. The number of piperidine rings is 1. The summed E-state index contributed by atoms with van der Waals surface area (Å²) in [7, 11) is 1.88. The fraction of sp³-hybridized carbons (Fsp3) is 0.474. The first-order valence-corrected chi connectivity index (χ1v) is 8.92. The number of rotatable bonds is 6. The summed E-state index contributed by atoms with van der Waals surface area (Å²) in [6.45, 7) is 1.98. The molecule has 0 saturated carbocycles. The molecule has 0 bridgehead atoms. The van der Waals surface area contributed by atoms with Crippen molar-refractivity contribution in [3.8, 4) is 0 Å². The van der Waals surface area contributed by atoms with Gasteiger partial charge >= 0.3 is 0 Å². The predicted octanol–water partition coefficient (Wildman–Crippen LogP) is 1.62. The summed E-state index contributed by atoms with van der Waals surface area (Å²) in [6.07, 6.45) is 4.57. The molecule has 1 fully saturated rings. The first kappa shape index (κ1) is 18.5. The third-order valence-corrected chi connectivity index (χ3v) is 5.00. The molecule has 7 heteroatoms. The van der Waals surface area contributed by atoms with Gasteiger partial charge in [-0.3, -0.25) is 9.69 Å². The fourth-order valence-electron chi connectivity index (χ4n) is 3.39. The van der Waals surface area contributed by atoms with E-state index in [0.29, 0.717) is 17.9 Å². The smallest absolute Gasteiger partial charge is 0.234 e. The van der Waals surface area contributed by atoms with Crippen LogP contribution < -0.4 is 5.32 Å². The molecule has 0 unspecified atom stereocenters. The van der Waals surface area contributed by atoms with Gasteiger partial charge in [0.1, 0.15) is 17.7 Å². The minimum atomic E-state index is -0.577. The van der Waals surface area contributed by atoms with Gasteiger partial charge in [0.15, 0.2) is 0 Å². The Bertz CT molecular complexity index is 741. The van der Waals surface area contributed by atoms with Crippen LogP contribution in [-0.4, -0.2) is 45.1 Å². The van der Waals surface area contributed by atoms with Crippen LogP contribution in [0.25, 0.3) is 0 Å². The number of carbonyl (C=O) groups is 1. The number of halogens is 1. The van der Waals surface area contributed by atoms with Crippen molar-refractivity contribution in [1.82, 2.24) is 19.8 Å². The van der Waals surface area contributed by atoms with Gasteiger partial charge in [-0.1, -0.05) is 18.2 Å². The maximum Gasteiger partial charge on any atom is 0.234 e. The molecule has 140 valence electrons. The van der Waals surface area contributed by atoms with E-state index >= 15 is 0 Å². The molecule has 1 aromatic heterocycles. The molecule has 2 heterocycles. The highest BCUT2D eigenvalue weighted by molar-refractivity contribution is 5.78. The highest BCUT2D eigenvalue weighted by Gasteiger charge is 2.28. The Morgan fingerprint density at radius 1 is 1.38 bits per heavy atom. The van der Waals surface area contributed by atoms with Crippen LogP contribution in [0, 0.1) is 11.7 Å². The van der Waals surface area contributed by atoms with Gasteiger partial charge in [-0.25, -0.2) is 9.37 Å². The summed E-state index contributed by atoms with van der Waals surface area (Å²) in [5, 5.41) is 13.3. The number of aromatic nitrogens is 2. The molecule has 1 atom stereocenters. The number of aryl methyl sites for hydroxylation is 1. The summed E-state index contributed by atoms with van der Waals surface area (Å²) in [6, 6.07) is 6.44. The molecule has 1 saturated heterocycles. The zero-order chi connectivity index (χ0) is 18.5. The third-order valence-electron chi connectivity index (χ3n) is 5.00. The van der Waals surface area contributed by atoms with Crippen LogP contribution in [0.4, 0.5) is 4.39 Å². The summed E-state index contributed by atoms with van der Waals surface area (Å²) < 4.78 is 15.4. The van der Waals surface area contributed by atoms with E-state index in [1.807, 2.05) is 17.8 Å². The third kappa shape index (κ3) is 4.47. The summed E-state index contributed by atoms with van der Waals surface area (Å²) in [4.78, 5) is 18.4. The van der Waals surface area contributed by atoms with Crippen molar-refractivity contribution in [3.63, 3.8) is 0 Å². The number of aliphatic hydroxyl groups is 1. The lowest BCUT2D eigenvalue weighted by Crippen LogP contribution is -2.42. The van der Waals surface area contributed by atoms with Crippen molar-refractivity contribution in [1.29, 1.82) is 0 Å². The molecule has 0 spiro atoms. The van der Waals surface area contributed by atoms with E-state index in [9.17, 15) is 14.3 Å². The van der Waals surface area contributed by atoms with Crippen molar-refractivity contribution >= 4 is 5.91 Å². The van der Waals surface area contributed by atoms with E-state index in [0.717, 1.165) is 25.9 Å². The minimum Gasteiger partial charge on any atom is -0.385 e. The monoisotopic (exact) mass is 360 g/mol. The van der Waals surface area contributed by atoms with Crippen LogP contribution in [0.5, 0.6) is 0 Å². The number of likely N-dealkylation sites (tertiary alicyclic amines) is 1. The lowest BCUT2D eigenvalue weighted by molar-refractivity contribution is -0.122. The van der Waals surface area contributed by atoms with Gasteiger partial charge in [0.05, 0.1) is 6.54 Å². The Morgan fingerprint density at radius 3 is 2.77 bits per heavy atom. The van der Waals surface area contributed by atoms with Gasteiger partial charge in [0.2, 0.25) is 5.91 Å². The Kier molecular flexibility index (Phi) is 6.00. The van der Waals surface area contributed by atoms with Crippen LogP contribution in [0.3, 0.4) is 0 Å². The number of imidazole rings is 1. The number of nitrogens with one attached hydrogen (secondary N) is 1. The second-order valence-corrected chi connectivity index (χ2v) is 6.82. The van der Waals surface area contributed by atoms with Gasteiger partial charge in [0.25, 0.3) is 0 Å². The first-order valence-electron chi connectivity index (χ1n) is 8.92. The van der Waals surface area contributed by atoms with Crippen LogP contribution in [0.1, 0.15) is 30.3 Å². The average Bonchev–Trinajstić information content (AvgIpc) is 3.07. The number of hydrogen-bond donors (Lipinski definition) is 2. The van der Waals surface area contributed by atoms with E-state index in [-0.39, 0.29) is 24.2 Å². The molecule has 0 radical (unpaired) electrons. The maximum absolute atomic E-state index is 13.6. The van der Waals surface area contributed by atoms with E-state index in [1.54, 1.807) is 24.4 Å². The fourth-order valence-corrected chi connectivity index (χ4v) is 3.39. The molecule has 1 amide bonds. The molecular weight excluding hydrogens is 335 g/mol. The second kappa shape index (κ2) is 8.42. The molecular formula is C19H25FN4O2. The predicted molar refractivity (Wildman–Crippen MR) is 95.6 cm³/mol. The average molecular weight is 360 g/mol. The zero-order valence-electron chi connectivity index (χ0n) is 14.9. The molecule has 1 aromatic carbocycles. The van der Waals surface area contributed by atoms with Crippen LogP contribution in [0.15, 0.2) is 36.7 Å². The summed E-state index contributed by atoms with van der Waals surface area (Å²) in [5.41, 5.74) is 0.484. The van der Waals surface area contributed by atoms with Gasteiger partial charge in [-0.05, 0) is 37.9 Å². The Labute approximate surface area is 152 Å². The molecule has 2 N–H and O–H groups in total. The number of nitrogens with zero attached hydrogens (tertiary/aromatic N) is 3. The SMILES string of the molecule is Cn1ccnc1[C@@H](O)C1CCN(CC(=O)NCc2ccccc2F)CC1. The standard InChI is InChI=1S/C19H25FN4O2/c1-23-11-8-21-19(23)18(26)14-6-9-24(10-7-14)13-17(25)22-12-15-4-2-3-5-16(15)20/h2-5,8,11,14,18,26H,6-7,9-10,12-13H2,1H3,(H,22,25)/t18-/m0/s1. The summed E-state index contributed by atoms with van der Waals surface area (Å²) in [5.74, 6) is 0.410. The van der Waals surface area contributed by atoms with Crippen molar-refractivity contribution in [3.05, 3.63) is 53.9 Å². The largest absolute Gasteiger partial charge is 0.385 e. The van der Waals surface area contributed by atoms with Crippen LogP contribution in [0.2, 0.25) is 0 Å². The Hall–Kier alpha value is -2.25. The number of amides is 1. The zero-order valence-corrected chi connectivity index (χ0v) is 14.9. The van der Waals surface area contributed by atoms with Crippen molar-refractivity contribution in [2.45, 2.75) is 25.5 Å². The van der Waals surface area contributed by atoms with Gasteiger partial charge in [-0.15, -0.1) is 0 Å². The Morgan fingerprint density at radius 2 is 2.12 bits per heavy atom.